The van der Waals surface area contributed by atoms with Crippen molar-refractivity contribution in [3.63, 3.8) is 0 Å². The highest BCUT2D eigenvalue weighted by atomic mass is 19.1. The van der Waals surface area contributed by atoms with E-state index in [-0.39, 0.29) is 17.2 Å². The highest BCUT2D eigenvalue weighted by Crippen LogP contribution is 2.14. The molecular weight excluding hydrogens is 251 g/mol. The van der Waals surface area contributed by atoms with Crippen LogP contribution in [0.5, 0.6) is 0 Å². The molecule has 3 N–H and O–H groups in total. The number of hydrogen-bond acceptors (Lipinski definition) is 4. The molecule has 104 valence electrons. The Labute approximate surface area is 110 Å². The molecule has 0 spiro atoms. The largest absolute Gasteiger partial charge is 0.467 e. The molecule has 0 unspecified atom stereocenters. The summed E-state index contributed by atoms with van der Waals surface area (Å²) in [5.41, 5.74) is 5.71. The zero-order valence-corrected chi connectivity index (χ0v) is 11.1. The van der Waals surface area contributed by atoms with Crippen LogP contribution in [0.4, 0.5) is 10.1 Å². The highest BCUT2D eigenvalue weighted by molar-refractivity contribution is 6.00. The third kappa shape index (κ3) is 3.67. The standard InChI is InChI=1S/C13H17FN2O3/c1-7(2)11(13(18)19-3)16-12(17)9-5-4-8(14)6-10(9)15/h4-7,11H,15H2,1-3H3,(H,16,17)/t11-/m0/s1. The van der Waals surface area contributed by atoms with Gasteiger partial charge in [0.1, 0.15) is 11.9 Å². The van der Waals surface area contributed by atoms with Gasteiger partial charge in [-0.1, -0.05) is 13.8 Å². The van der Waals surface area contributed by atoms with Gasteiger partial charge in [-0.15, -0.1) is 0 Å². The van der Waals surface area contributed by atoms with Crippen molar-refractivity contribution in [2.45, 2.75) is 19.9 Å². The van der Waals surface area contributed by atoms with Crippen molar-refractivity contribution in [3.8, 4) is 0 Å². The molecule has 1 rings (SSSR count). The Morgan fingerprint density at radius 1 is 1.37 bits per heavy atom. The minimum absolute atomic E-state index is 0.0184. The van der Waals surface area contributed by atoms with Crippen LogP contribution in [0, 0.1) is 11.7 Å². The lowest BCUT2D eigenvalue weighted by Crippen LogP contribution is -2.45. The first-order valence-electron chi connectivity index (χ1n) is 5.80. The summed E-state index contributed by atoms with van der Waals surface area (Å²) in [5.74, 6) is -1.74. The zero-order valence-electron chi connectivity index (χ0n) is 11.1. The molecule has 0 heterocycles. The van der Waals surface area contributed by atoms with E-state index < -0.39 is 23.7 Å². The number of esters is 1. The number of nitrogens with two attached hydrogens (primary N) is 1. The molecule has 0 aromatic heterocycles. The van der Waals surface area contributed by atoms with Crippen LogP contribution >= 0.6 is 0 Å². The quantitative estimate of drug-likeness (QED) is 0.637. The fourth-order valence-corrected chi connectivity index (χ4v) is 1.58. The van der Waals surface area contributed by atoms with Crippen LogP contribution in [0.1, 0.15) is 24.2 Å². The van der Waals surface area contributed by atoms with Gasteiger partial charge in [-0.2, -0.15) is 0 Å². The van der Waals surface area contributed by atoms with Crippen molar-refractivity contribution in [3.05, 3.63) is 29.6 Å². The molecule has 6 heteroatoms. The first kappa shape index (κ1) is 14.9. The molecular formula is C13H17FN2O3. The predicted molar refractivity (Wildman–Crippen MR) is 68.9 cm³/mol. The number of benzene rings is 1. The molecule has 0 radical (unpaired) electrons. The van der Waals surface area contributed by atoms with Gasteiger partial charge in [-0.25, -0.2) is 9.18 Å². The third-order valence-corrected chi connectivity index (χ3v) is 2.67. The number of hydrogen-bond donors (Lipinski definition) is 2. The fraction of sp³-hybridized carbons (Fsp3) is 0.385. The van der Waals surface area contributed by atoms with Crippen LogP contribution in [0.15, 0.2) is 18.2 Å². The van der Waals surface area contributed by atoms with E-state index in [1.165, 1.54) is 13.2 Å². The van der Waals surface area contributed by atoms with Crippen molar-refractivity contribution >= 4 is 17.6 Å². The van der Waals surface area contributed by atoms with Crippen LogP contribution in [0.2, 0.25) is 0 Å². The molecule has 1 atom stereocenters. The second-order valence-corrected chi connectivity index (χ2v) is 4.45. The second-order valence-electron chi connectivity index (χ2n) is 4.45. The molecule has 0 bridgehead atoms. The predicted octanol–water partition coefficient (Wildman–Crippen LogP) is 1.34. The number of anilines is 1. The average Bonchev–Trinajstić information content (AvgIpc) is 2.34. The van der Waals surface area contributed by atoms with Gasteiger partial charge < -0.3 is 15.8 Å². The van der Waals surface area contributed by atoms with Crippen molar-refractivity contribution < 1.29 is 18.7 Å². The highest BCUT2D eigenvalue weighted by Gasteiger charge is 2.26. The first-order valence-corrected chi connectivity index (χ1v) is 5.80. The maximum Gasteiger partial charge on any atom is 0.328 e. The number of amides is 1. The lowest BCUT2D eigenvalue weighted by atomic mass is 10.0. The maximum atomic E-state index is 12.9. The molecule has 0 aliphatic carbocycles. The van der Waals surface area contributed by atoms with Gasteiger partial charge in [0.15, 0.2) is 0 Å². The second kappa shape index (κ2) is 6.17. The summed E-state index contributed by atoms with van der Waals surface area (Å²) in [6.07, 6.45) is 0. The molecule has 1 aromatic carbocycles. The number of carbonyl (C=O) groups excluding carboxylic acids is 2. The summed E-state index contributed by atoms with van der Waals surface area (Å²) in [6.45, 7) is 3.55. The van der Waals surface area contributed by atoms with E-state index in [0.717, 1.165) is 12.1 Å². The maximum absolute atomic E-state index is 12.9. The number of carbonyl (C=O) groups is 2. The summed E-state index contributed by atoms with van der Waals surface area (Å²) in [4.78, 5) is 23.5. The molecule has 19 heavy (non-hydrogen) atoms. The van der Waals surface area contributed by atoms with Crippen LogP contribution in [-0.2, 0) is 9.53 Å². The molecule has 1 aromatic rings. The Morgan fingerprint density at radius 3 is 2.47 bits per heavy atom. The Morgan fingerprint density at radius 2 is 2.00 bits per heavy atom. The van der Waals surface area contributed by atoms with Gasteiger partial charge in [0.05, 0.1) is 12.7 Å². The number of ether oxygens (including phenoxy) is 1. The van der Waals surface area contributed by atoms with E-state index in [4.69, 9.17) is 5.73 Å². The smallest absolute Gasteiger partial charge is 0.328 e. The zero-order chi connectivity index (χ0) is 14.6. The number of nitrogens with one attached hydrogen (secondary N) is 1. The first-order chi connectivity index (χ1) is 8.86. The lowest BCUT2D eigenvalue weighted by molar-refractivity contribution is -0.144. The van der Waals surface area contributed by atoms with Crippen LogP contribution in [0.3, 0.4) is 0 Å². The summed E-state index contributed by atoms with van der Waals surface area (Å²) < 4.78 is 17.5. The van der Waals surface area contributed by atoms with E-state index in [9.17, 15) is 14.0 Å². The summed E-state index contributed by atoms with van der Waals surface area (Å²) >= 11 is 0. The van der Waals surface area contributed by atoms with Crippen LogP contribution in [0.25, 0.3) is 0 Å². The Kier molecular flexibility index (Phi) is 4.86. The molecule has 0 saturated carbocycles. The van der Waals surface area contributed by atoms with Gasteiger partial charge in [0.25, 0.3) is 5.91 Å². The monoisotopic (exact) mass is 268 g/mol. The number of halogens is 1. The Balaban J connectivity index is 2.91. The van der Waals surface area contributed by atoms with Gasteiger partial charge >= 0.3 is 5.97 Å². The molecule has 0 aliphatic heterocycles. The van der Waals surface area contributed by atoms with Crippen molar-refractivity contribution in [2.24, 2.45) is 5.92 Å². The summed E-state index contributed by atoms with van der Waals surface area (Å²) in [7, 11) is 1.25. The normalized spacial score (nSPS) is 12.1. The number of rotatable bonds is 4. The van der Waals surface area contributed by atoms with E-state index >= 15 is 0 Å². The van der Waals surface area contributed by atoms with Crippen molar-refractivity contribution in [1.29, 1.82) is 0 Å². The molecule has 5 nitrogen and oxygen atoms in total. The summed E-state index contributed by atoms with van der Waals surface area (Å²) in [6, 6.07) is 2.68. The minimum atomic E-state index is -0.776. The lowest BCUT2D eigenvalue weighted by Gasteiger charge is -2.20. The molecule has 0 fully saturated rings. The molecule has 1 amide bonds. The van der Waals surface area contributed by atoms with Gasteiger partial charge in [-0.3, -0.25) is 4.79 Å². The average molecular weight is 268 g/mol. The van der Waals surface area contributed by atoms with Crippen molar-refractivity contribution in [1.82, 2.24) is 5.32 Å². The number of nitrogen functional groups attached to an aromatic ring is 1. The van der Waals surface area contributed by atoms with E-state index in [1.54, 1.807) is 13.8 Å². The molecule has 0 aliphatic rings. The SMILES string of the molecule is COC(=O)[C@@H](NC(=O)c1ccc(F)cc1N)C(C)C. The van der Waals surface area contributed by atoms with E-state index in [1.807, 2.05) is 0 Å². The third-order valence-electron chi connectivity index (χ3n) is 2.67. The van der Waals surface area contributed by atoms with Gasteiger partial charge in [0.2, 0.25) is 0 Å². The van der Waals surface area contributed by atoms with Crippen LogP contribution < -0.4 is 11.1 Å². The van der Waals surface area contributed by atoms with Gasteiger partial charge in [-0.05, 0) is 24.1 Å². The molecule has 0 saturated heterocycles. The number of methoxy groups -OCH3 is 1. The topological polar surface area (TPSA) is 81.4 Å². The fourth-order valence-electron chi connectivity index (χ4n) is 1.58. The summed E-state index contributed by atoms with van der Waals surface area (Å²) in [5, 5.41) is 2.53. The van der Waals surface area contributed by atoms with E-state index in [0.29, 0.717) is 0 Å². The Hall–Kier alpha value is -2.11. The van der Waals surface area contributed by atoms with Crippen LogP contribution in [-0.4, -0.2) is 25.0 Å². The van der Waals surface area contributed by atoms with E-state index in [2.05, 4.69) is 10.1 Å². The Bertz CT molecular complexity index is 489. The minimum Gasteiger partial charge on any atom is -0.467 e. The van der Waals surface area contributed by atoms with Crippen molar-refractivity contribution in [2.75, 3.05) is 12.8 Å². The van der Waals surface area contributed by atoms with Gasteiger partial charge in [0, 0.05) is 5.69 Å².